The first-order valence-electron chi connectivity index (χ1n) is 9.97. The summed E-state index contributed by atoms with van der Waals surface area (Å²) in [6, 6.07) is 18.1. The van der Waals surface area contributed by atoms with Crippen LogP contribution in [0, 0.1) is 0 Å². The van der Waals surface area contributed by atoms with Crippen LogP contribution in [0.1, 0.15) is 31.7 Å². The van der Waals surface area contributed by atoms with E-state index in [1.165, 1.54) is 5.56 Å². The van der Waals surface area contributed by atoms with Gasteiger partial charge in [0.2, 0.25) is 0 Å². The highest BCUT2D eigenvalue weighted by atomic mass is 16.5. The monoisotopic (exact) mass is 390 g/mol. The Morgan fingerprint density at radius 2 is 1.83 bits per heavy atom. The largest absolute Gasteiger partial charge is 0.497 e. The van der Waals surface area contributed by atoms with E-state index in [9.17, 15) is 4.79 Å². The fraction of sp³-hybridized carbons (Fsp3) is 0.333. The molecule has 0 aliphatic carbocycles. The van der Waals surface area contributed by atoms with E-state index in [1.54, 1.807) is 14.0 Å². The second-order valence-electron chi connectivity index (χ2n) is 7.75. The summed E-state index contributed by atoms with van der Waals surface area (Å²) in [5, 5.41) is 1.07. The van der Waals surface area contributed by atoms with Gasteiger partial charge in [0.05, 0.1) is 25.7 Å². The number of fused-ring (bicyclic) bond motifs is 1. The molecule has 0 unspecified atom stereocenters. The number of ketones is 1. The van der Waals surface area contributed by atoms with E-state index < -0.39 is 0 Å². The van der Waals surface area contributed by atoms with Gasteiger partial charge in [-0.05, 0) is 60.9 Å². The zero-order valence-electron chi connectivity index (χ0n) is 17.1. The fourth-order valence-electron chi connectivity index (χ4n) is 3.71. The number of carbonyl (C=O) groups excluding carboxylic acids is 1. The van der Waals surface area contributed by atoms with Crippen molar-refractivity contribution in [3.8, 4) is 11.5 Å². The number of hydrogen-bond acceptors (Lipinski definition) is 5. The molecule has 0 radical (unpaired) electrons. The number of rotatable bonds is 7. The lowest BCUT2D eigenvalue weighted by Gasteiger charge is -2.39. The molecule has 0 saturated carbocycles. The van der Waals surface area contributed by atoms with E-state index in [1.807, 2.05) is 36.4 Å². The molecule has 29 heavy (non-hydrogen) atoms. The topological polar surface area (TPSA) is 51.7 Å². The van der Waals surface area contributed by atoms with Gasteiger partial charge in [-0.3, -0.25) is 0 Å². The van der Waals surface area contributed by atoms with Gasteiger partial charge in [-0.1, -0.05) is 19.1 Å². The Kier molecular flexibility index (Phi) is 5.38. The Hall–Kier alpha value is -3.08. The second-order valence-corrected chi connectivity index (χ2v) is 7.75. The number of Topliss-reactive ketones (excluding diaryl/α,β-unsaturated/α-hetero) is 1. The van der Waals surface area contributed by atoms with Gasteiger partial charge in [-0.25, -0.2) is 4.98 Å². The van der Waals surface area contributed by atoms with Gasteiger partial charge < -0.3 is 19.2 Å². The molecule has 0 bridgehead atoms. The molecule has 0 spiro atoms. The quantitative estimate of drug-likeness (QED) is 0.590. The number of aromatic nitrogens is 1. The summed E-state index contributed by atoms with van der Waals surface area (Å²) in [6.45, 7) is 5.35. The Labute approximate surface area is 171 Å². The van der Waals surface area contributed by atoms with Crippen molar-refractivity contribution in [2.24, 2.45) is 0 Å². The molecule has 1 aliphatic heterocycles. The molecule has 1 atom stereocenters. The summed E-state index contributed by atoms with van der Waals surface area (Å²) in [7, 11) is 1.67. The molecule has 0 amide bonds. The minimum absolute atomic E-state index is 0.156. The number of methoxy groups -OCH3 is 1. The number of pyridine rings is 1. The lowest BCUT2D eigenvalue weighted by molar-refractivity contribution is -0.117. The summed E-state index contributed by atoms with van der Waals surface area (Å²) in [4.78, 5) is 18.3. The van der Waals surface area contributed by atoms with Gasteiger partial charge in [0, 0.05) is 11.8 Å². The number of nitrogens with zero attached hydrogens (tertiary/aromatic N) is 2. The minimum Gasteiger partial charge on any atom is -0.497 e. The van der Waals surface area contributed by atoms with Gasteiger partial charge in [-0.15, -0.1) is 0 Å². The van der Waals surface area contributed by atoms with Crippen molar-refractivity contribution in [2.75, 3.05) is 25.1 Å². The van der Waals surface area contributed by atoms with Crippen molar-refractivity contribution >= 4 is 22.5 Å². The Morgan fingerprint density at radius 1 is 1.10 bits per heavy atom. The van der Waals surface area contributed by atoms with Crippen LogP contribution in [0.3, 0.4) is 0 Å². The van der Waals surface area contributed by atoms with Crippen LogP contribution in [0.15, 0.2) is 54.6 Å². The molecular formula is C24H26N2O3. The molecular weight excluding hydrogens is 364 g/mol. The maximum absolute atomic E-state index is 11.3. The first kappa shape index (κ1) is 19.2. The number of hydrogen-bond donors (Lipinski definition) is 0. The summed E-state index contributed by atoms with van der Waals surface area (Å²) in [5.41, 5.74) is 2.13. The Morgan fingerprint density at radius 3 is 2.52 bits per heavy atom. The van der Waals surface area contributed by atoms with E-state index in [2.05, 4.69) is 30.0 Å². The fourth-order valence-corrected chi connectivity index (χ4v) is 3.71. The lowest BCUT2D eigenvalue weighted by atomic mass is 9.96. The van der Waals surface area contributed by atoms with Crippen LogP contribution in [0.25, 0.3) is 10.9 Å². The highest BCUT2D eigenvalue weighted by Gasteiger charge is 2.29. The van der Waals surface area contributed by atoms with Crippen LogP contribution < -0.4 is 14.4 Å². The Balaban J connectivity index is 1.34. The van der Waals surface area contributed by atoms with Crippen LogP contribution in [0.2, 0.25) is 0 Å². The summed E-state index contributed by atoms with van der Waals surface area (Å²) < 4.78 is 11.4. The van der Waals surface area contributed by atoms with E-state index in [0.29, 0.717) is 6.42 Å². The first-order chi connectivity index (χ1) is 14.0. The average Bonchev–Trinajstić information content (AvgIpc) is 2.69. The third-order valence-electron chi connectivity index (χ3n) is 5.40. The molecule has 1 aliphatic rings. The summed E-state index contributed by atoms with van der Waals surface area (Å²) in [6.07, 6.45) is 0.729. The predicted molar refractivity (Wildman–Crippen MR) is 115 cm³/mol. The zero-order valence-corrected chi connectivity index (χ0v) is 17.1. The molecule has 4 rings (SSSR count). The maximum Gasteiger partial charge on any atom is 0.134 e. The zero-order chi connectivity index (χ0) is 20.4. The number of anilines is 1. The van der Waals surface area contributed by atoms with Gasteiger partial charge in [0.15, 0.2) is 0 Å². The molecule has 2 heterocycles. The van der Waals surface area contributed by atoms with Crippen molar-refractivity contribution in [1.29, 1.82) is 0 Å². The number of benzene rings is 2. The second kappa shape index (κ2) is 8.11. The highest BCUT2D eigenvalue weighted by Crippen LogP contribution is 2.27. The van der Waals surface area contributed by atoms with Crippen LogP contribution in [0.4, 0.5) is 5.82 Å². The SMILES string of the molecule is COc1ccc2nc(N3CC(Oc4ccc([C@H](C)CC(C)=O)cc4)C3)ccc2c1. The van der Waals surface area contributed by atoms with Gasteiger partial charge >= 0.3 is 0 Å². The van der Waals surface area contributed by atoms with E-state index in [0.717, 1.165) is 41.3 Å². The summed E-state index contributed by atoms with van der Waals surface area (Å²) >= 11 is 0. The molecule has 0 N–H and O–H groups in total. The number of ether oxygens (including phenoxy) is 2. The first-order valence-corrected chi connectivity index (χ1v) is 9.97. The third kappa shape index (κ3) is 4.34. The van der Waals surface area contributed by atoms with Crippen molar-refractivity contribution in [3.05, 3.63) is 60.2 Å². The number of carbonyl (C=O) groups is 1. The van der Waals surface area contributed by atoms with Crippen molar-refractivity contribution in [3.63, 3.8) is 0 Å². The van der Waals surface area contributed by atoms with E-state index in [-0.39, 0.29) is 17.8 Å². The Bertz CT molecular complexity index is 1010. The normalized spacial score (nSPS) is 15.1. The predicted octanol–water partition coefficient (Wildman–Crippen LogP) is 4.59. The molecule has 150 valence electrons. The standard InChI is InChI=1S/C24H26N2O3/c1-16(12-17(2)27)18-4-7-20(8-5-18)29-22-14-26(15-22)24-11-6-19-13-21(28-3)9-10-23(19)25-24/h4-11,13,16,22H,12,14-15H2,1-3H3/t16-/m1/s1. The molecule has 1 fully saturated rings. The van der Waals surface area contributed by atoms with Crippen molar-refractivity contribution in [1.82, 2.24) is 4.98 Å². The smallest absolute Gasteiger partial charge is 0.134 e. The third-order valence-corrected chi connectivity index (χ3v) is 5.40. The molecule has 1 aromatic heterocycles. The minimum atomic E-state index is 0.156. The van der Waals surface area contributed by atoms with Crippen molar-refractivity contribution in [2.45, 2.75) is 32.3 Å². The average molecular weight is 390 g/mol. The van der Waals surface area contributed by atoms with Crippen LogP contribution in [-0.2, 0) is 4.79 Å². The molecule has 2 aromatic carbocycles. The summed E-state index contributed by atoms with van der Waals surface area (Å²) in [5.74, 6) is 3.13. The lowest BCUT2D eigenvalue weighted by Crippen LogP contribution is -2.54. The highest BCUT2D eigenvalue weighted by molar-refractivity contribution is 5.82. The van der Waals surface area contributed by atoms with E-state index >= 15 is 0 Å². The van der Waals surface area contributed by atoms with Gasteiger partial charge in [-0.2, -0.15) is 0 Å². The maximum atomic E-state index is 11.3. The molecule has 5 nitrogen and oxygen atoms in total. The molecule has 1 saturated heterocycles. The van der Waals surface area contributed by atoms with Crippen LogP contribution in [-0.4, -0.2) is 37.1 Å². The van der Waals surface area contributed by atoms with Crippen LogP contribution in [0.5, 0.6) is 11.5 Å². The van der Waals surface area contributed by atoms with Gasteiger partial charge in [0.1, 0.15) is 29.2 Å². The van der Waals surface area contributed by atoms with Crippen LogP contribution >= 0.6 is 0 Å². The van der Waals surface area contributed by atoms with Crippen molar-refractivity contribution < 1.29 is 14.3 Å². The molecule has 3 aromatic rings. The molecule has 5 heteroatoms. The van der Waals surface area contributed by atoms with Gasteiger partial charge in [0.25, 0.3) is 0 Å². The van der Waals surface area contributed by atoms with E-state index in [4.69, 9.17) is 14.5 Å².